The highest BCUT2D eigenvalue weighted by Crippen LogP contribution is 2.09. The summed E-state index contributed by atoms with van der Waals surface area (Å²) in [5.41, 5.74) is 0. The van der Waals surface area contributed by atoms with Crippen molar-refractivity contribution < 1.29 is 9.53 Å². The fraction of sp³-hybridized carbons (Fsp3) is 0.917. The number of hydrogen-bond donors (Lipinski definition) is 1. The predicted octanol–water partition coefficient (Wildman–Crippen LogP) is 1.43. The first-order valence-corrected chi connectivity index (χ1v) is 6.27. The molecule has 5 heteroatoms. The number of nitrogens with zero attached hydrogens (tertiary/aromatic N) is 1. The van der Waals surface area contributed by atoms with Crippen LogP contribution in [0.3, 0.4) is 0 Å². The molecule has 2 atom stereocenters. The minimum atomic E-state index is 0. The van der Waals surface area contributed by atoms with E-state index in [0.29, 0.717) is 12.6 Å². The Bertz CT molecular complexity index is 227. The van der Waals surface area contributed by atoms with Gasteiger partial charge in [0.25, 0.3) is 0 Å². The molecular formula is C12H25ClN2O2. The summed E-state index contributed by atoms with van der Waals surface area (Å²) in [5, 5.41) is 3.36. The van der Waals surface area contributed by atoms with Gasteiger partial charge in [-0.05, 0) is 20.3 Å². The van der Waals surface area contributed by atoms with Crippen LogP contribution in [0.25, 0.3) is 0 Å². The van der Waals surface area contributed by atoms with Crippen LogP contribution >= 0.6 is 12.4 Å². The zero-order valence-corrected chi connectivity index (χ0v) is 11.9. The van der Waals surface area contributed by atoms with Crippen molar-refractivity contribution in [1.82, 2.24) is 10.2 Å². The van der Waals surface area contributed by atoms with E-state index < -0.39 is 0 Å². The summed E-state index contributed by atoms with van der Waals surface area (Å²) in [6.07, 6.45) is 2.13. The molecule has 0 saturated carbocycles. The SMILES string of the molecule is CCCCOCC(=O)N1CCNC(C)C1C.Cl. The molecule has 0 aromatic carbocycles. The lowest BCUT2D eigenvalue weighted by Crippen LogP contribution is -2.57. The van der Waals surface area contributed by atoms with E-state index in [0.717, 1.165) is 25.9 Å². The molecule has 1 amide bonds. The molecule has 0 radical (unpaired) electrons. The summed E-state index contributed by atoms with van der Waals surface area (Å²) in [4.78, 5) is 13.8. The van der Waals surface area contributed by atoms with Crippen molar-refractivity contribution in [1.29, 1.82) is 0 Å². The van der Waals surface area contributed by atoms with Gasteiger partial charge in [0.1, 0.15) is 6.61 Å². The van der Waals surface area contributed by atoms with Crippen LogP contribution in [0, 0.1) is 0 Å². The van der Waals surface area contributed by atoms with Crippen LogP contribution in [-0.4, -0.2) is 49.2 Å². The third kappa shape index (κ3) is 5.23. The Labute approximate surface area is 110 Å². The standard InChI is InChI=1S/C12H24N2O2.ClH/c1-4-5-8-16-9-12(15)14-7-6-13-10(2)11(14)3;/h10-11,13H,4-9H2,1-3H3;1H. The number of ether oxygens (including phenoxy) is 1. The van der Waals surface area contributed by atoms with Crippen LogP contribution in [0.1, 0.15) is 33.6 Å². The van der Waals surface area contributed by atoms with Gasteiger partial charge in [0, 0.05) is 31.8 Å². The van der Waals surface area contributed by atoms with E-state index in [4.69, 9.17) is 4.74 Å². The molecule has 1 heterocycles. The van der Waals surface area contributed by atoms with Crippen molar-refractivity contribution in [3.8, 4) is 0 Å². The van der Waals surface area contributed by atoms with E-state index in [1.807, 2.05) is 4.90 Å². The highest BCUT2D eigenvalue weighted by Gasteiger charge is 2.27. The molecule has 0 spiro atoms. The highest BCUT2D eigenvalue weighted by atomic mass is 35.5. The summed E-state index contributed by atoms with van der Waals surface area (Å²) in [7, 11) is 0. The lowest BCUT2D eigenvalue weighted by atomic mass is 10.1. The number of piperazine rings is 1. The van der Waals surface area contributed by atoms with Gasteiger partial charge in [0.15, 0.2) is 0 Å². The maximum absolute atomic E-state index is 11.9. The molecule has 0 aromatic heterocycles. The van der Waals surface area contributed by atoms with E-state index >= 15 is 0 Å². The number of rotatable bonds is 5. The van der Waals surface area contributed by atoms with Gasteiger partial charge in [0.2, 0.25) is 5.91 Å². The first-order chi connectivity index (χ1) is 7.66. The largest absolute Gasteiger partial charge is 0.372 e. The van der Waals surface area contributed by atoms with Crippen molar-refractivity contribution in [3.63, 3.8) is 0 Å². The van der Waals surface area contributed by atoms with Gasteiger partial charge in [-0.15, -0.1) is 12.4 Å². The van der Waals surface area contributed by atoms with Crippen LogP contribution < -0.4 is 5.32 Å². The molecule has 1 rings (SSSR count). The van der Waals surface area contributed by atoms with Crippen molar-refractivity contribution in [2.24, 2.45) is 0 Å². The zero-order valence-electron chi connectivity index (χ0n) is 11.1. The van der Waals surface area contributed by atoms with E-state index in [2.05, 4.69) is 26.1 Å². The van der Waals surface area contributed by atoms with Gasteiger partial charge in [-0.3, -0.25) is 4.79 Å². The van der Waals surface area contributed by atoms with Gasteiger partial charge >= 0.3 is 0 Å². The van der Waals surface area contributed by atoms with Crippen LogP contribution in [0.5, 0.6) is 0 Å². The fourth-order valence-corrected chi connectivity index (χ4v) is 1.90. The monoisotopic (exact) mass is 264 g/mol. The second-order valence-corrected chi connectivity index (χ2v) is 4.48. The lowest BCUT2D eigenvalue weighted by molar-refractivity contribution is -0.139. The number of carbonyl (C=O) groups excluding carboxylic acids is 1. The Morgan fingerprint density at radius 2 is 2.18 bits per heavy atom. The first-order valence-electron chi connectivity index (χ1n) is 6.27. The Kier molecular flexibility index (Phi) is 8.56. The Morgan fingerprint density at radius 3 is 2.82 bits per heavy atom. The molecule has 17 heavy (non-hydrogen) atoms. The Morgan fingerprint density at radius 1 is 1.47 bits per heavy atom. The number of nitrogens with one attached hydrogen (secondary N) is 1. The maximum Gasteiger partial charge on any atom is 0.248 e. The van der Waals surface area contributed by atoms with Crippen molar-refractivity contribution >= 4 is 18.3 Å². The van der Waals surface area contributed by atoms with Gasteiger partial charge in [-0.2, -0.15) is 0 Å². The third-order valence-corrected chi connectivity index (χ3v) is 3.22. The molecule has 0 aromatic rings. The summed E-state index contributed by atoms with van der Waals surface area (Å²) in [6.45, 7) is 8.91. The summed E-state index contributed by atoms with van der Waals surface area (Å²) in [5.74, 6) is 0.122. The van der Waals surface area contributed by atoms with Crippen LogP contribution in [0.2, 0.25) is 0 Å². The average molecular weight is 265 g/mol. The van der Waals surface area contributed by atoms with E-state index in [1.165, 1.54) is 0 Å². The number of halogens is 1. The second kappa shape index (κ2) is 8.72. The molecule has 0 aliphatic carbocycles. The summed E-state index contributed by atoms with van der Waals surface area (Å²) >= 11 is 0. The maximum atomic E-state index is 11.9. The van der Waals surface area contributed by atoms with Crippen molar-refractivity contribution in [3.05, 3.63) is 0 Å². The topological polar surface area (TPSA) is 41.6 Å². The van der Waals surface area contributed by atoms with Crippen LogP contribution in [0.15, 0.2) is 0 Å². The molecule has 1 aliphatic rings. The minimum Gasteiger partial charge on any atom is -0.372 e. The first kappa shape index (κ1) is 16.7. The second-order valence-electron chi connectivity index (χ2n) is 4.48. The van der Waals surface area contributed by atoms with Gasteiger partial charge in [-0.25, -0.2) is 0 Å². The molecule has 0 bridgehead atoms. The number of carbonyl (C=O) groups is 1. The molecule has 4 nitrogen and oxygen atoms in total. The van der Waals surface area contributed by atoms with Gasteiger partial charge < -0.3 is 15.0 Å². The molecule has 1 N–H and O–H groups in total. The molecular weight excluding hydrogens is 240 g/mol. The normalized spacial score (nSPS) is 24.3. The quantitative estimate of drug-likeness (QED) is 0.764. The van der Waals surface area contributed by atoms with Crippen molar-refractivity contribution in [2.45, 2.75) is 45.7 Å². The molecule has 102 valence electrons. The van der Waals surface area contributed by atoms with Gasteiger partial charge in [-0.1, -0.05) is 13.3 Å². The van der Waals surface area contributed by atoms with E-state index in [9.17, 15) is 4.79 Å². The van der Waals surface area contributed by atoms with Crippen LogP contribution in [0.4, 0.5) is 0 Å². The Balaban J connectivity index is 0.00000256. The predicted molar refractivity (Wildman–Crippen MR) is 71.6 cm³/mol. The summed E-state index contributed by atoms with van der Waals surface area (Å²) in [6, 6.07) is 0.629. The fourth-order valence-electron chi connectivity index (χ4n) is 1.90. The summed E-state index contributed by atoms with van der Waals surface area (Å²) < 4.78 is 5.36. The third-order valence-electron chi connectivity index (χ3n) is 3.22. The Hall–Kier alpha value is -0.320. The molecule has 2 unspecified atom stereocenters. The van der Waals surface area contributed by atoms with Crippen molar-refractivity contribution in [2.75, 3.05) is 26.3 Å². The number of amides is 1. The lowest BCUT2D eigenvalue weighted by Gasteiger charge is -2.38. The number of unbranched alkanes of at least 4 members (excludes halogenated alkanes) is 1. The zero-order chi connectivity index (χ0) is 12.0. The average Bonchev–Trinajstić information content (AvgIpc) is 2.28. The van der Waals surface area contributed by atoms with E-state index in [-0.39, 0.29) is 31.0 Å². The highest BCUT2D eigenvalue weighted by molar-refractivity contribution is 5.85. The number of hydrogen-bond acceptors (Lipinski definition) is 3. The van der Waals surface area contributed by atoms with E-state index in [1.54, 1.807) is 0 Å². The van der Waals surface area contributed by atoms with Gasteiger partial charge in [0.05, 0.1) is 0 Å². The molecule has 1 saturated heterocycles. The minimum absolute atomic E-state index is 0. The smallest absolute Gasteiger partial charge is 0.248 e. The van der Waals surface area contributed by atoms with Crippen LogP contribution in [-0.2, 0) is 9.53 Å². The molecule has 1 fully saturated rings. The molecule has 1 aliphatic heterocycles.